The van der Waals surface area contributed by atoms with Crippen LogP contribution in [0.4, 0.5) is 10.5 Å². The highest BCUT2D eigenvalue weighted by Crippen LogP contribution is 2.36. The molecule has 2 N–H and O–H groups in total. The molecule has 156 valence electrons. The summed E-state index contributed by atoms with van der Waals surface area (Å²) in [6, 6.07) is 5.95. The van der Waals surface area contributed by atoms with Crippen molar-refractivity contribution >= 4 is 29.4 Å². The number of anilines is 1. The molecule has 0 bridgehead atoms. The van der Waals surface area contributed by atoms with Crippen molar-refractivity contribution in [2.75, 3.05) is 26.0 Å². The zero-order chi connectivity index (χ0) is 21.2. The second kappa shape index (κ2) is 8.23. The van der Waals surface area contributed by atoms with Crippen LogP contribution >= 0.6 is 0 Å². The van der Waals surface area contributed by atoms with E-state index in [4.69, 9.17) is 0 Å². The molecule has 1 saturated carbocycles. The van der Waals surface area contributed by atoms with Crippen LogP contribution in [0.15, 0.2) is 24.3 Å². The van der Waals surface area contributed by atoms with E-state index in [1.54, 1.807) is 45.3 Å². The highest BCUT2D eigenvalue weighted by molar-refractivity contribution is 6.10. The maximum Gasteiger partial charge on any atom is 0.325 e. The van der Waals surface area contributed by atoms with Gasteiger partial charge in [-0.1, -0.05) is 19.3 Å². The van der Waals surface area contributed by atoms with Crippen molar-refractivity contribution < 1.29 is 19.2 Å². The summed E-state index contributed by atoms with van der Waals surface area (Å²) in [5, 5.41) is 5.49. The van der Waals surface area contributed by atoms with Crippen LogP contribution in [0.5, 0.6) is 0 Å². The number of urea groups is 1. The van der Waals surface area contributed by atoms with E-state index in [-0.39, 0.29) is 24.3 Å². The Morgan fingerprint density at radius 3 is 2.34 bits per heavy atom. The molecule has 1 aliphatic carbocycles. The molecule has 0 aromatic heterocycles. The third-order valence-corrected chi connectivity index (χ3v) is 5.85. The summed E-state index contributed by atoms with van der Waals surface area (Å²) in [5.74, 6) is -0.837. The van der Waals surface area contributed by atoms with Crippen molar-refractivity contribution in [3.8, 4) is 0 Å². The van der Waals surface area contributed by atoms with Crippen LogP contribution in [0.1, 0.15) is 49.4 Å². The molecule has 1 aromatic carbocycles. The van der Waals surface area contributed by atoms with Crippen LogP contribution in [0.3, 0.4) is 0 Å². The number of hydrogen-bond donors (Lipinski definition) is 2. The first kappa shape index (κ1) is 20.8. The van der Waals surface area contributed by atoms with Crippen molar-refractivity contribution in [3.63, 3.8) is 0 Å². The van der Waals surface area contributed by atoms with Crippen LogP contribution < -0.4 is 10.6 Å². The fraction of sp³-hybridized carbons (Fsp3) is 0.524. The molecule has 8 heteroatoms. The topological polar surface area (TPSA) is 98.8 Å². The minimum atomic E-state index is -0.939. The van der Waals surface area contributed by atoms with Crippen molar-refractivity contribution in [3.05, 3.63) is 29.8 Å². The fourth-order valence-corrected chi connectivity index (χ4v) is 4.11. The zero-order valence-corrected chi connectivity index (χ0v) is 17.2. The molecular formula is C21H28N4O4. The molecule has 1 heterocycles. The molecule has 29 heavy (non-hydrogen) atoms. The predicted octanol–water partition coefficient (Wildman–Crippen LogP) is 2.22. The molecule has 2 aliphatic rings. The van der Waals surface area contributed by atoms with Gasteiger partial charge in [0, 0.05) is 25.3 Å². The molecular weight excluding hydrogens is 372 g/mol. The minimum Gasteiger partial charge on any atom is -0.345 e. The van der Waals surface area contributed by atoms with E-state index in [2.05, 4.69) is 10.6 Å². The van der Waals surface area contributed by atoms with E-state index < -0.39 is 17.5 Å². The summed E-state index contributed by atoms with van der Waals surface area (Å²) < 4.78 is 0. The predicted molar refractivity (Wildman–Crippen MR) is 108 cm³/mol. The van der Waals surface area contributed by atoms with Gasteiger partial charge < -0.3 is 15.5 Å². The molecule has 0 radical (unpaired) electrons. The lowest BCUT2D eigenvalue weighted by Gasteiger charge is -2.34. The molecule has 0 unspecified atom stereocenters. The normalized spacial score (nSPS) is 22.4. The van der Waals surface area contributed by atoms with Crippen LogP contribution in [0.25, 0.3) is 0 Å². The van der Waals surface area contributed by atoms with Gasteiger partial charge in [0.05, 0.1) is 0 Å². The number of nitrogens with one attached hydrogen (secondary N) is 2. The van der Waals surface area contributed by atoms with Gasteiger partial charge in [-0.05, 0) is 49.9 Å². The van der Waals surface area contributed by atoms with Gasteiger partial charge in [0.25, 0.3) is 11.8 Å². The van der Waals surface area contributed by atoms with Gasteiger partial charge >= 0.3 is 6.03 Å². The van der Waals surface area contributed by atoms with E-state index in [1.807, 2.05) is 0 Å². The van der Waals surface area contributed by atoms with E-state index in [0.717, 1.165) is 37.0 Å². The van der Waals surface area contributed by atoms with Gasteiger partial charge in [-0.2, -0.15) is 0 Å². The summed E-state index contributed by atoms with van der Waals surface area (Å²) in [7, 11) is 3.33. The van der Waals surface area contributed by atoms with Gasteiger partial charge in [-0.25, -0.2) is 4.79 Å². The fourth-order valence-electron chi connectivity index (χ4n) is 4.11. The van der Waals surface area contributed by atoms with Crippen LogP contribution in [-0.2, 0) is 9.59 Å². The van der Waals surface area contributed by atoms with Gasteiger partial charge in [-0.15, -0.1) is 0 Å². The largest absolute Gasteiger partial charge is 0.345 e. The van der Waals surface area contributed by atoms with Crippen molar-refractivity contribution in [1.29, 1.82) is 0 Å². The van der Waals surface area contributed by atoms with E-state index in [1.165, 1.54) is 4.90 Å². The maximum absolute atomic E-state index is 12.9. The Morgan fingerprint density at radius 1 is 1.14 bits per heavy atom. The summed E-state index contributed by atoms with van der Waals surface area (Å²) >= 11 is 0. The lowest BCUT2D eigenvalue weighted by Crippen LogP contribution is -2.51. The van der Waals surface area contributed by atoms with Crippen molar-refractivity contribution in [1.82, 2.24) is 15.1 Å². The monoisotopic (exact) mass is 400 g/mol. The third kappa shape index (κ3) is 4.26. The number of amides is 5. The molecule has 1 aromatic rings. The Morgan fingerprint density at radius 2 is 1.76 bits per heavy atom. The Kier molecular flexibility index (Phi) is 5.91. The molecule has 1 atom stereocenters. The second-order valence-electron chi connectivity index (χ2n) is 8.18. The Hall–Kier alpha value is -2.90. The summed E-state index contributed by atoms with van der Waals surface area (Å²) in [6.07, 6.45) is 5.06. The third-order valence-electron chi connectivity index (χ3n) is 5.85. The Bertz CT molecular complexity index is 814. The first-order chi connectivity index (χ1) is 13.7. The average Bonchev–Trinajstić information content (AvgIpc) is 2.92. The van der Waals surface area contributed by atoms with Gasteiger partial charge in [0.15, 0.2) is 0 Å². The average molecular weight is 400 g/mol. The van der Waals surface area contributed by atoms with Crippen LogP contribution in [0, 0.1) is 5.92 Å². The van der Waals surface area contributed by atoms with Gasteiger partial charge in [0.2, 0.25) is 5.91 Å². The number of rotatable bonds is 5. The number of imide groups is 1. The van der Waals surface area contributed by atoms with Gasteiger partial charge in [0.1, 0.15) is 12.1 Å². The number of nitrogens with zero attached hydrogens (tertiary/aromatic N) is 2. The van der Waals surface area contributed by atoms with Crippen LogP contribution in [-0.4, -0.2) is 59.7 Å². The van der Waals surface area contributed by atoms with E-state index >= 15 is 0 Å². The number of benzene rings is 1. The minimum absolute atomic E-state index is 0.0996. The van der Waals surface area contributed by atoms with Crippen LogP contribution in [0.2, 0.25) is 0 Å². The van der Waals surface area contributed by atoms with E-state index in [9.17, 15) is 19.2 Å². The molecule has 1 saturated heterocycles. The van der Waals surface area contributed by atoms with Gasteiger partial charge in [-0.3, -0.25) is 19.3 Å². The molecule has 5 amide bonds. The number of hydrogen-bond acceptors (Lipinski definition) is 4. The first-order valence-corrected chi connectivity index (χ1v) is 9.98. The molecule has 1 aliphatic heterocycles. The van der Waals surface area contributed by atoms with Crippen molar-refractivity contribution in [2.24, 2.45) is 5.92 Å². The quantitative estimate of drug-likeness (QED) is 0.741. The SMILES string of the molecule is CN(C)C(=O)c1ccc(NC(=O)CN2C(=O)N[C@](C)(C3CCCCC3)C2=O)cc1. The lowest BCUT2D eigenvalue weighted by molar-refractivity contribution is -0.135. The summed E-state index contributed by atoms with van der Waals surface area (Å²) in [4.78, 5) is 52.1. The molecule has 0 spiro atoms. The van der Waals surface area contributed by atoms with E-state index in [0.29, 0.717) is 11.3 Å². The maximum atomic E-state index is 12.9. The molecule has 8 nitrogen and oxygen atoms in total. The smallest absolute Gasteiger partial charge is 0.325 e. The highest BCUT2D eigenvalue weighted by Gasteiger charge is 2.52. The lowest BCUT2D eigenvalue weighted by atomic mass is 9.75. The summed E-state index contributed by atoms with van der Waals surface area (Å²) in [5.41, 5.74) is 0.0594. The molecule has 2 fully saturated rings. The Balaban J connectivity index is 1.62. The zero-order valence-electron chi connectivity index (χ0n) is 17.2. The number of carbonyl (C=O) groups is 4. The first-order valence-electron chi connectivity index (χ1n) is 9.98. The van der Waals surface area contributed by atoms with Crippen molar-refractivity contribution in [2.45, 2.75) is 44.6 Å². The second-order valence-corrected chi connectivity index (χ2v) is 8.18. The number of carbonyl (C=O) groups excluding carboxylic acids is 4. The molecule has 3 rings (SSSR count). The highest BCUT2D eigenvalue weighted by atomic mass is 16.2. The Labute approximate surface area is 170 Å². The standard InChI is InChI=1S/C21H28N4O4/c1-21(15-7-5-4-6-8-15)19(28)25(20(29)23-21)13-17(26)22-16-11-9-14(10-12-16)18(27)24(2)3/h9-12,15H,4-8,13H2,1-3H3,(H,22,26)(H,23,29)/t21-/m1/s1. The summed E-state index contributed by atoms with van der Waals surface area (Å²) in [6.45, 7) is 1.42.